The molecule has 0 saturated carbocycles. The summed E-state index contributed by atoms with van der Waals surface area (Å²) in [5, 5.41) is 1.20. The predicted molar refractivity (Wildman–Crippen MR) is 205 cm³/mol. The van der Waals surface area contributed by atoms with Gasteiger partial charge in [-0.3, -0.25) is 0 Å². The number of alkyl halides is 2. The van der Waals surface area contributed by atoms with E-state index in [9.17, 15) is 8.78 Å². The maximum Gasteiger partial charge on any atom is 0.133 e. The van der Waals surface area contributed by atoms with Gasteiger partial charge in [0.25, 0.3) is 0 Å². The van der Waals surface area contributed by atoms with E-state index in [1.807, 2.05) is 0 Å². The molecule has 4 aromatic rings. The normalized spacial score (nSPS) is 13.1. The molecule has 1 aliphatic carbocycles. The average Bonchev–Trinajstić information content (AvgIpc) is 3.36. The molecule has 250 valence electrons. The largest absolute Gasteiger partial charge is 0.207 e. The summed E-state index contributed by atoms with van der Waals surface area (Å²) in [6.45, 7) is 4.58. The Labute approximate surface area is 299 Å². The highest BCUT2D eigenvalue weighted by molar-refractivity contribution is 9.08. The lowest BCUT2D eigenvalue weighted by molar-refractivity contribution is 0.398. The van der Waals surface area contributed by atoms with Crippen LogP contribution in [0.15, 0.2) is 72.8 Å². The van der Waals surface area contributed by atoms with Crippen molar-refractivity contribution in [3.05, 3.63) is 107 Å². The predicted octanol–water partition coefficient (Wildman–Crippen LogP) is 14.9. The molecular formula is C43H50Br2F2. The van der Waals surface area contributed by atoms with Gasteiger partial charge < -0.3 is 0 Å². The number of hydrogen-bond acceptors (Lipinski definition) is 0. The molecule has 0 aliphatic heterocycles. The Hall–Kier alpha value is -2.30. The van der Waals surface area contributed by atoms with Crippen molar-refractivity contribution in [1.82, 2.24) is 0 Å². The number of rotatable bonds is 18. The minimum atomic E-state index is -0.563. The Kier molecular flexibility index (Phi) is 13.3. The summed E-state index contributed by atoms with van der Waals surface area (Å²) in [5.41, 5.74) is 11.4. The van der Waals surface area contributed by atoms with Crippen molar-refractivity contribution in [2.24, 2.45) is 0 Å². The number of fused-ring (bicyclic) bond motifs is 3. The molecule has 0 spiro atoms. The van der Waals surface area contributed by atoms with Crippen LogP contribution in [0.2, 0.25) is 0 Å². The molecule has 0 radical (unpaired) electrons. The first-order valence-electron chi connectivity index (χ1n) is 17.9. The van der Waals surface area contributed by atoms with E-state index in [0.29, 0.717) is 16.2 Å². The molecular weight excluding hydrogens is 714 g/mol. The number of hydrogen-bond donors (Lipinski definition) is 0. The van der Waals surface area contributed by atoms with Gasteiger partial charge in [-0.05, 0) is 93.2 Å². The van der Waals surface area contributed by atoms with Crippen LogP contribution in [-0.4, -0.2) is 0 Å². The second-order valence-electron chi connectivity index (χ2n) is 13.5. The number of unbranched alkanes of at least 4 members (excludes halogenated alkanes) is 10. The SMILES string of the molecule is CCCCCCCCC1(CCCCCCCC)c2ccccc2-c2cc(-c3cc(CBr)c(-c4ccc(F)cc4F)cc3CBr)ccc21. The molecule has 4 heteroatoms. The summed E-state index contributed by atoms with van der Waals surface area (Å²) in [4.78, 5) is 0. The lowest BCUT2D eigenvalue weighted by atomic mass is 9.70. The van der Waals surface area contributed by atoms with Crippen molar-refractivity contribution < 1.29 is 8.78 Å². The molecule has 0 atom stereocenters. The topological polar surface area (TPSA) is 0 Å². The molecule has 0 heterocycles. The Morgan fingerprint density at radius 2 is 1.09 bits per heavy atom. The molecule has 47 heavy (non-hydrogen) atoms. The van der Waals surface area contributed by atoms with E-state index in [-0.39, 0.29) is 5.41 Å². The van der Waals surface area contributed by atoms with Crippen molar-refractivity contribution >= 4 is 31.9 Å². The fourth-order valence-corrected chi connectivity index (χ4v) is 8.78. The van der Waals surface area contributed by atoms with E-state index < -0.39 is 11.6 Å². The third-order valence-electron chi connectivity index (χ3n) is 10.3. The number of benzene rings is 4. The van der Waals surface area contributed by atoms with Crippen LogP contribution >= 0.6 is 31.9 Å². The maximum absolute atomic E-state index is 14.9. The second kappa shape index (κ2) is 17.4. The molecule has 0 aromatic heterocycles. The van der Waals surface area contributed by atoms with Gasteiger partial charge in [-0.15, -0.1) is 0 Å². The smallest absolute Gasteiger partial charge is 0.133 e. The van der Waals surface area contributed by atoms with Gasteiger partial charge in [0.05, 0.1) is 0 Å². The van der Waals surface area contributed by atoms with Gasteiger partial charge in [0.1, 0.15) is 11.6 Å². The van der Waals surface area contributed by atoms with Crippen LogP contribution in [0.1, 0.15) is 126 Å². The summed E-state index contributed by atoms with van der Waals surface area (Å²) >= 11 is 7.39. The molecule has 0 fully saturated rings. The molecule has 0 unspecified atom stereocenters. The Balaban J connectivity index is 1.54. The van der Waals surface area contributed by atoms with Crippen molar-refractivity contribution in [1.29, 1.82) is 0 Å². The first-order valence-corrected chi connectivity index (χ1v) is 20.2. The monoisotopic (exact) mass is 762 g/mol. The van der Waals surface area contributed by atoms with E-state index in [2.05, 4.69) is 100 Å². The van der Waals surface area contributed by atoms with Crippen LogP contribution in [0.5, 0.6) is 0 Å². The maximum atomic E-state index is 14.9. The van der Waals surface area contributed by atoms with Gasteiger partial charge in [-0.1, -0.05) is 159 Å². The minimum absolute atomic E-state index is 0.0587. The molecule has 0 nitrogen and oxygen atoms in total. The first kappa shape index (κ1) is 36.0. The van der Waals surface area contributed by atoms with Crippen molar-refractivity contribution in [2.75, 3.05) is 0 Å². The van der Waals surface area contributed by atoms with Gasteiger partial charge >= 0.3 is 0 Å². The van der Waals surface area contributed by atoms with Crippen molar-refractivity contribution in [2.45, 2.75) is 120 Å². The fourth-order valence-electron chi connectivity index (χ4n) is 7.85. The van der Waals surface area contributed by atoms with Crippen LogP contribution in [0.3, 0.4) is 0 Å². The average molecular weight is 765 g/mol. The van der Waals surface area contributed by atoms with E-state index >= 15 is 0 Å². The Bertz CT molecular complexity index is 1610. The second-order valence-corrected chi connectivity index (χ2v) is 14.6. The summed E-state index contributed by atoms with van der Waals surface area (Å²) in [5.74, 6) is -1.10. The van der Waals surface area contributed by atoms with Crippen LogP contribution in [-0.2, 0) is 16.1 Å². The molecule has 4 aromatic carbocycles. The van der Waals surface area contributed by atoms with Crippen LogP contribution in [0.25, 0.3) is 33.4 Å². The zero-order valence-corrected chi connectivity index (χ0v) is 31.4. The minimum Gasteiger partial charge on any atom is -0.207 e. The summed E-state index contributed by atoms with van der Waals surface area (Å²) in [7, 11) is 0. The van der Waals surface area contributed by atoms with E-state index in [1.165, 1.54) is 124 Å². The Morgan fingerprint density at radius 3 is 1.72 bits per heavy atom. The van der Waals surface area contributed by atoms with Gasteiger partial charge in [-0.25, -0.2) is 8.78 Å². The zero-order valence-electron chi connectivity index (χ0n) is 28.3. The van der Waals surface area contributed by atoms with Gasteiger partial charge in [0.15, 0.2) is 0 Å². The molecule has 0 bridgehead atoms. The highest BCUT2D eigenvalue weighted by atomic mass is 79.9. The van der Waals surface area contributed by atoms with Gasteiger partial charge in [-0.2, -0.15) is 0 Å². The molecule has 1 aliphatic rings. The lowest BCUT2D eigenvalue weighted by Crippen LogP contribution is -2.25. The van der Waals surface area contributed by atoms with Gasteiger partial charge in [0.2, 0.25) is 0 Å². The van der Waals surface area contributed by atoms with Crippen LogP contribution in [0.4, 0.5) is 8.78 Å². The fraction of sp³-hybridized carbons (Fsp3) is 0.442. The number of halogens is 4. The highest BCUT2D eigenvalue weighted by Gasteiger charge is 2.42. The quantitative estimate of drug-likeness (QED) is 0.0699. The standard InChI is InChI=1S/C43H50Br2F2/c1-3-5-7-9-11-15-23-43(24-16-12-10-8-6-4-2)40-18-14-13-17-35(40)39-25-31(19-22-41(39)43)37-26-33(30-45)38(27-32(37)29-44)36-21-20-34(46)28-42(36)47/h13-14,17-22,25-28H,3-12,15-16,23-24,29-30H2,1-2H3. The summed E-state index contributed by atoms with van der Waals surface area (Å²) < 4.78 is 28.7. The van der Waals surface area contributed by atoms with Crippen molar-refractivity contribution in [3.8, 4) is 33.4 Å². The third-order valence-corrected chi connectivity index (χ3v) is 11.5. The third kappa shape index (κ3) is 8.13. The Morgan fingerprint density at radius 1 is 0.511 bits per heavy atom. The van der Waals surface area contributed by atoms with Crippen LogP contribution < -0.4 is 0 Å². The van der Waals surface area contributed by atoms with E-state index in [4.69, 9.17) is 0 Å². The highest BCUT2D eigenvalue weighted by Crippen LogP contribution is 2.55. The first-order chi connectivity index (χ1) is 23.0. The lowest BCUT2D eigenvalue weighted by Gasteiger charge is -2.33. The molecule has 0 amide bonds. The summed E-state index contributed by atoms with van der Waals surface area (Å²) in [6.07, 6.45) is 18.1. The van der Waals surface area contributed by atoms with Crippen LogP contribution in [0, 0.1) is 11.6 Å². The molecule has 0 N–H and O–H groups in total. The molecule has 5 rings (SSSR count). The zero-order chi connectivity index (χ0) is 33.2. The van der Waals surface area contributed by atoms with Crippen molar-refractivity contribution in [3.63, 3.8) is 0 Å². The van der Waals surface area contributed by atoms with Gasteiger partial charge in [0, 0.05) is 27.7 Å². The van der Waals surface area contributed by atoms with E-state index in [0.717, 1.165) is 28.3 Å². The molecule has 0 saturated heterocycles. The summed E-state index contributed by atoms with van der Waals surface area (Å²) in [6, 6.07) is 24.4. The van der Waals surface area contributed by atoms with E-state index in [1.54, 1.807) is 6.07 Å².